The minimum atomic E-state index is 0.129. The van der Waals surface area contributed by atoms with E-state index in [9.17, 15) is 4.79 Å². The van der Waals surface area contributed by atoms with Crippen molar-refractivity contribution in [2.75, 3.05) is 5.32 Å². The number of carbonyl (C=O) groups excluding carboxylic acids is 1. The predicted octanol–water partition coefficient (Wildman–Crippen LogP) is 2.44. The van der Waals surface area contributed by atoms with Crippen molar-refractivity contribution in [3.8, 4) is 0 Å². The van der Waals surface area contributed by atoms with Crippen molar-refractivity contribution >= 4 is 11.6 Å². The fraction of sp³-hybridized carbons (Fsp3) is 0.364. The quantitative estimate of drug-likeness (QED) is 0.644. The van der Waals surface area contributed by atoms with E-state index in [-0.39, 0.29) is 5.91 Å². The largest absolute Gasteiger partial charge is 0.326 e. The van der Waals surface area contributed by atoms with E-state index in [0.29, 0.717) is 12.3 Å². The van der Waals surface area contributed by atoms with Gasteiger partial charge in [-0.25, -0.2) is 0 Å². The van der Waals surface area contributed by atoms with Gasteiger partial charge in [-0.05, 0) is 24.5 Å². The van der Waals surface area contributed by atoms with Gasteiger partial charge >= 0.3 is 0 Å². The van der Waals surface area contributed by atoms with Crippen LogP contribution in [0.15, 0.2) is 18.2 Å². The zero-order chi connectivity index (χ0) is 9.42. The van der Waals surface area contributed by atoms with E-state index in [0.717, 1.165) is 5.69 Å². The smallest absolute Gasteiger partial charge is 0.224 e. The lowest BCUT2D eigenvalue weighted by Crippen LogP contribution is -2.21. The van der Waals surface area contributed by atoms with Crippen LogP contribution < -0.4 is 5.32 Å². The molecule has 2 rings (SSSR count). The number of carbonyl (C=O) groups is 1. The average molecular weight is 175 g/mol. The molecule has 1 aromatic carbocycles. The lowest BCUT2D eigenvalue weighted by molar-refractivity contribution is -0.116. The summed E-state index contributed by atoms with van der Waals surface area (Å²) in [6.45, 7) is 4.17. The van der Waals surface area contributed by atoms with Gasteiger partial charge in [-0.3, -0.25) is 4.79 Å². The van der Waals surface area contributed by atoms with Crippen LogP contribution in [-0.2, 0) is 4.79 Å². The van der Waals surface area contributed by atoms with Gasteiger partial charge in [-0.2, -0.15) is 0 Å². The summed E-state index contributed by atoms with van der Waals surface area (Å²) in [5.74, 6) is 0.479. The van der Waals surface area contributed by atoms with Crippen LogP contribution in [0.3, 0.4) is 0 Å². The van der Waals surface area contributed by atoms with Gasteiger partial charge < -0.3 is 5.32 Å². The molecule has 0 aliphatic carbocycles. The number of nitrogens with one attached hydrogen (secondary N) is 1. The monoisotopic (exact) mass is 175 g/mol. The van der Waals surface area contributed by atoms with Gasteiger partial charge in [0.25, 0.3) is 0 Å². The number of amides is 1. The summed E-state index contributed by atoms with van der Waals surface area (Å²) in [5, 5.41) is 2.88. The van der Waals surface area contributed by atoms with Crippen LogP contribution in [0.1, 0.15) is 30.4 Å². The van der Waals surface area contributed by atoms with Crippen molar-refractivity contribution < 1.29 is 4.79 Å². The maximum Gasteiger partial charge on any atom is 0.224 e. The summed E-state index contributed by atoms with van der Waals surface area (Å²) in [5.41, 5.74) is 3.50. The highest BCUT2D eigenvalue weighted by molar-refractivity contribution is 5.94. The van der Waals surface area contributed by atoms with Crippen LogP contribution in [0.5, 0.6) is 0 Å². The number of anilines is 1. The minimum Gasteiger partial charge on any atom is -0.326 e. The highest BCUT2D eigenvalue weighted by Gasteiger charge is 2.20. The van der Waals surface area contributed by atoms with E-state index in [1.807, 2.05) is 12.1 Å². The van der Waals surface area contributed by atoms with E-state index >= 15 is 0 Å². The number of benzene rings is 1. The fourth-order valence-electron chi connectivity index (χ4n) is 1.79. The Kier molecular flexibility index (Phi) is 1.83. The van der Waals surface area contributed by atoms with Crippen LogP contribution in [0.2, 0.25) is 0 Å². The Morgan fingerprint density at radius 3 is 3.00 bits per heavy atom. The molecular weight excluding hydrogens is 162 g/mol. The lowest BCUT2D eigenvalue weighted by atomic mass is 9.91. The standard InChI is InChI=1S/C11H13NO/c1-7-3-4-10-9(5-7)8(2)6-11(13)12-10/h3-5,8H,6H2,1-2H3,(H,12,13)/t8-/m1/s1. The first kappa shape index (κ1) is 8.30. The number of hydrogen-bond acceptors (Lipinski definition) is 1. The summed E-state index contributed by atoms with van der Waals surface area (Å²) in [4.78, 5) is 11.2. The van der Waals surface area contributed by atoms with E-state index in [1.165, 1.54) is 11.1 Å². The Labute approximate surface area is 78.0 Å². The first-order valence-electron chi connectivity index (χ1n) is 4.57. The molecule has 0 bridgehead atoms. The molecule has 1 aromatic rings. The zero-order valence-electron chi connectivity index (χ0n) is 7.92. The van der Waals surface area contributed by atoms with Gasteiger partial charge in [-0.15, -0.1) is 0 Å². The van der Waals surface area contributed by atoms with E-state index in [2.05, 4.69) is 25.2 Å². The molecule has 0 saturated heterocycles. The van der Waals surface area contributed by atoms with Crippen molar-refractivity contribution in [3.63, 3.8) is 0 Å². The normalized spacial score (nSPS) is 20.8. The fourth-order valence-corrected chi connectivity index (χ4v) is 1.79. The summed E-state index contributed by atoms with van der Waals surface area (Å²) in [6.07, 6.45) is 0.608. The molecule has 1 amide bonds. The maximum absolute atomic E-state index is 11.2. The SMILES string of the molecule is Cc1ccc2c(c1)[C@H](C)CC(=O)N2. The van der Waals surface area contributed by atoms with E-state index < -0.39 is 0 Å². The molecule has 1 N–H and O–H groups in total. The topological polar surface area (TPSA) is 29.1 Å². The zero-order valence-corrected chi connectivity index (χ0v) is 7.92. The Morgan fingerprint density at radius 1 is 1.46 bits per heavy atom. The van der Waals surface area contributed by atoms with Gasteiger partial charge in [0.1, 0.15) is 0 Å². The van der Waals surface area contributed by atoms with Gasteiger partial charge in [-0.1, -0.05) is 24.6 Å². The van der Waals surface area contributed by atoms with Gasteiger partial charge in [0.2, 0.25) is 5.91 Å². The highest BCUT2D eigenvalue weighted by atomic mass is 16.1. The third-order valence-corrected chi connectivity index (χ3v) is 2.50. The molecule has 1 heterocycles. The van der Waals surface area contributed by atoms with Crippen LogP contribution in [0, 0.1) is 6.92 Å². The minimum absolute atomic E-state index is 0.129. The second-order valence-electron chi connectivity index (χ2n) is 3.74. The molecule has 0 unspecified atom stereocenters. The number of rotatable bonds is 0. The number of aryl methyl sites for hydroxylation is 1. The molecule has 1 atom stereocenters. The third-order valence-electron chi connectivity index (χ3n) is 2.50. The highest BCUT2D eigenvalue weighted by Crippen LogP contribution is 2.31. The summed E-state index contributed by atoms with van der Waals surface area (Å²) >= 11 is 0. The molecule has 0 saturated carbocycles. The third kappa shape index (κ3) is 1.44. The second kappa shape index (κ2) is 2.87. The van der Waals surface area contributed by atoms with Crippen molar-refractivity contribution in [2.45, 2.75) is 26.2 Å². The number of hydrogen-bond donors (Lipinski definition) is 1. The first-order valence-corrected chi connectivity index (χ1v) is 4.57. The molecular formula is C11H13NO. The lowest BCUT2D eigenvalue weighted by Gasteiger charge is -2.22. The molecule has 0 radical (unpaired) electrons. The second-order valence-corrected chi connectivity index (χ2v) is 3.74. The molecule has 68 valence electrons. The Bertz CT molecular complexity index is 357. The molecule has 1 aliphatic heterocycles. The Hall–Kier alpha value is -1.31. The van der Waals surface area contributed by atoms with Crippen molar-refractivity contribution in [2.24, 2.45) is 0 Å². The molecule has 0 spiro atoms. The molecule has 2 nitrogen and oxygen atoms in total. The van der Waals surface area contributed by atoms with Gasteiger partial charge in [0, 0.05) is 12.1 Å². The van der Waals surface area contributed by atoms with Gasteiger partial charge in [0.05, 0.1) is 0 Å². The maximum atomic E-state index is 11.2. The van der Waals surface area contributed by atoms with E-state index in [4.69, 9.17) is 0 Å². The summed E-state index contributed by atoms with van der Waals surface area (Å²) < 4.78 is 0. The number of fused-ring (bicyclic) bond motifs is 1. The summed E-state index contributed by atoms with van der Waals surface area (Å²) in [6, 6.07) is 6.16. The van der Waals surface area contributed by atoms with Crippen molar-refractivity contribution in [1.82, 2.24) is 0 Å². The molecule has 1 aliphatic rings. The Morgan fingerprint density at radius 2 is 2.23 bits per heavy atom. The van der Waals surface area contributed by atoms with Crippen molar-refractivity contribution in [1.29, 1.82) is 0 Å². The Balaban J connectivity index is 2.49. The first-order chi connectivity index (χ1) is 6.16. The predicted molar refractivity (Wildman–Crippen MR) is 52.8 cm³/mol. The van der Waals surface area contributed by atoms with Crippen LogP contribution in [0.25, 0.3) is 0 Å². The van der Waals surface area contributed by atoms with E-state index in [1.54, 1.807) is 0 Å². The average Bonchev–Trinajstić information content (AvgIpc) is 2.06. The molecule has 0 aromatic heterocycles. The molecule has 2 heteroatoms. The summed E-state index contributed by atoms with van der Waals surface area (Å²) in [7, 11) is 0. The van der Waals surface area contributed by atoms with Crippen LogP contribution in [-0.4, -0.2) is 5.91 Å². The van der Waals surface area contributed by atoms with Gasteiger partial charge in [0.15, 0.2) is 0 Å². The van der Waals surface area contributed by atoms with Crippen LogP contribution in [0.4, 0.5) is 5.69 Å². The molecule has 13 heavy (non-hydrogen) atoms. The van der Waals surface area contributed by atoms with Crippen molar-refractivity contribution in [3.05, 3.63) is 29.3 Å². The molecule has 0 fully saturated rings. The van der Waals surface area contributed by atoms with Crippen LogP contribution >= 0.6 is 0 Å².